The van der Waals surface area contributed by atoms with Gasteiger partial charge in [0.05, 0.1) is 17.4 Å². The van der Waals surface area contributed by atoms with Gasteiger partial charge in [0.25, 0.3) is 5.56 Å². The van der Waals surface area contributed by atoms with Gasteiger partial charge in [-0.05, 0) is 56.2 Å². The highest BCUT2D eigenvalue weighted by Crippen LogP contribution is 2.44. The summed E-state index contributed by atoms with van der Waals surface area (Å²) in [6.07, 6.45) is 3.81. The average molecular weight is 359 g/mol. The van der Waals surface area contributed by atoms with Crippen LogP contribution in [-0.4, -0.2) is 34.1 Å². The van der Waals surface area contributed by atoms with Gasteiger partial charge in [-0.1, -0.05) is 0 Å². The van der Waals surface area contributed by atoms with Gasteiger partial charge in [-0.25, -0.2) is 9.18 Å². The number of aromatic nitrogens is 1. The number of aryl methyl sites for hydroxylation is 1. The van der Waals surface area contributed by atoms with Crippen molar-refractivity contribution < 1.29 is 14.3 Å². The molecule has 6 nitrogen and oxygen atoms in total. The maximum absolute atomic E-state index is 15.0. The summed E-state index contributed by atoms with van der Waals surface area (Å²) in [5.41, 5.74) is 7.62. The second-order valence-electron chi connectivity index (χ2n) is 7.56. The van der Waals surface area contributed by atoms with Crippen LogP contribution in [0.2, 0.25) is 0 Å². The largest absolute Gasteiger partial charge is 0.477 e. The Bertz CT molecular complexity index is 980. The lowest BCUT2D eigenvalue weighted by Crippen LogP contribution is -2.32. The van der Waals surface area contributed by atoms with E-state index in [4.69, 9.17) is 5.73 Å². The SMILES string of the molecule is Cc1c(N2C[C@@H](N)C[C@H]2C)c(F)cn2c(=O)c(C(=O)O)cc(C3CC3)c12. The smallest absolute Gasteiger partial charge is 0.341 e. The highest BCUT2D eigenvalue weighted by molar-refractivity contribution is 5.89. The van der Waals surface area contributed by atoms with Gasteiger partial charge in [0, 0.05) is 18.6 Å². The molecule has 0 aromatic carbocycles. The predicted molar refractivity (Wildman–Crippen MR) is 96.7 cm³/mol. The number of fused-ring (bicyclic) bond motifs is 1. The van der Waals surface area contributed by atoms with E-state index in [0.717, 1.165) is 31.0 Å². The summed E-state index contributed by atoms with van der Waals surface area (Å²) in [4.78, 5) is 26.0. The number of nitrogens with two attached hydrogens (primary N) is 1. The van der Waals surface area contributed by atoms with Crippen molar-refractivity contribution in [1.29, 1.82) is 0 Å². The summed E-state index contributed by atoms with van der Waals surface area (Å²) in [7, 11) is 0. The molecule has 4 rings (SSSR count). The first-order chi connectivity index (χ1) is 12.3. The first-order valence-corrected chi connectivity index (χ1v) is 8.93. The monoisotopic (exact) mass is 359 g/mol. The van der Waals surface area contributed by atoms with E-state index in [0.29, 0.717) is 23.3 Å². The van der Waals surface area contributed by atoms with Crippen LogP contribution in [0.4, 0.5) is 10.1 Å². The zero-order chi connectivity index (χ0) is 18.7. The van der Waals surface area contributed by atoms with E-state index in [2.05, 4.69) is 0 Å². The summed E-state index contributed by atoms with van der Waals surface area (Å²) in [6.45, 7) is 4.37. The van der Waals surface area contributed by atoms with E-state index in [1.54, 1.807) is 6.92 Å². The Morgan fingerprint density at radius 1 is 1.38 bits per heavy atom. The Hall–Kier alpha value is -2.41. The summed E-state index contributed by atoms with van der Waals surface area (Å²) in [6, 6.07) is 1.57. The van der Waals surface area contributed by atoms with Crippen LogP contribution in [-0.2, 0) is 0 Å². The number of aromatic carboxylic acids is 1. The van der Waals surface area contributed by atoms with Crippen LogP contribution in [0.1, 0.15) is 53.6 Å². The molecule has 3 N–H and O–H groups in total. The molecule has 0 radical (unpaired) electrons. The molecule has 0 amide bonds. The lowest BCUT2D eigenvalue weighted by molar-refractivity contribution is 0.0694. The van der Waals surface area contributed by atoms with Crippen molar-refractivity contribution in [3.05, 3.63) is 45.1 Å². The van der Waals surface area contributed by atoms with Crippen molar-refractivity contribution in [2.75, 3.05) is 11.4 Å². The number of carboxylic acid groups (broad SMARTS) is 1. The van der Waals surface area contributed by atoms with E-state index in [1.165, 1.54) is 10.5 Å². The lowest BCUT2D eigenvalue weighted by Gasteiger charge is -2.27. The fourth-order valence-corrected chi connectivity index (χ4v) is 4.24. The molecule has 1 saturated carbocycles. The van der Waals surface area contributed by atoms with E-state index in [9.17, 15) is 14.7 Å². The number of rotatable bonds is 3. The van der Waals surface area contributed by atoms with Crippen molar-refractivity contribution in [3.8, 4) is 0 Å². The molecular weight excluding hydrogens is 337 g/mol. The Balaban J connectivity index is 2.03. The number of carbonyl (C=O) groups is 1. The summed E-state index contributed by atoms with van der Waals surface area (Å²) >= 11 is 0. The Morgan fingerprint density at radius 3 is 2.62 bits per heavy atom. The number of nitrogens with zero attached hydrogens (tertiary/aromatic N) is 2. The lowest BCUT2D eigenvalue weighted by atomic mass is 10.0. The summed E-state index contributed by atoms with van der Waals surface area (Å²) < 4.78 is 16.2. The normalized spacial score (nSPS) is 23.0. The van der Waals surface area contributed by atoms with E-state index in [1.807, 2.05) is 11.8 Å². The Kier molecular flexibility index (Phi) is 3.80. The Morgan fingerprint density at radius 2 is 2.08 bits per heavy atom. The molecule has 138 valence electrons. The zero-order valence-electron chi connectivity index (χ0n) is 14.8. The molecule has 2 aliphatic rings. The maximum Gasteiger partial charge on any atom is 0.341 e. The molecule has 0 bridgehead atoms. The minimum atomic E-state index is -1.28. The van der Waals surface area contributed by atoms with Crippen molar-refractivity contribution in [1.82, 2.24) is 4.40 Å². The van der Waals surface area contributed by atoms with E-state index >= 15 is 4.39 Å². The highest BCUT2D eigenvalue weighted by Gasteiger charge is 2.33. The minimum absolute atomic E-state index is 0.0143. The van der Waals surface area contributed by atoms with E-state index in [-0.39, 0.29) is 23.6 Å². The standard InChI is InChI=1S/C19H22FN3O3/c1-9-5-12(21)7-22(9)17-10(2)16-13(11-3-4-11)6-14(19(25)26)18(24)23(16)8-15(17)20/h6,8-9,11-12H,3-5,7,21H2,1-2H3,(H,25,26)/t9-,12+/m1/s1. The number of hydrogen-bond donors (Lipinski definition) is 2. The van der Waals surface area contributed by atoms with Crippen LogP contribution in [0, 0.1) is 12.7 Å². The number of anilines is 1. The van der Waals surface area contributed by atoms with Gasteiger partial charge in [-0.3, -0.25) is 9.20 Å². The zero-order valence-corrected chi connectivity index (χ0v) is 14.8. The first-order valence-electron chi connectivity index (χ1n) is 8.93. The molecule has 1 aliphatic carbocycles. The molecule has 0 unspecified atom stereocenters. The van der Waals surface area contributed by atoms with Crippen LogP contribution in [0.5, 0.6) is 0 Å². The van der Waals surface area contributed by atoms with Gasteiger partial charge in [0.1, 0.15) is 5.56 Å². The topological polar surface area (TPSA) is 88.0 Å². The number of halogens is 1. The van der Waals surface area contributed by atoms with Gasteiger partial charge in [0.15, 0.2) is 5.82 Å². The number of hydrogen-bond acceptors (Lipinski definition) is 4. The van der Waals surface area contributed by atoms with Crippen LogP contribution < -0.4 is 16.2 Å². The van der Waals surface area contributed by atoms with Gasteiger partial charge in [0.2, 0.25) is 0 Å². The van der Waals surface area contributed by atoms with Crippen molar-refractivity contribution in [3.63, 3.8) is 0 Å². The second-order valence-corrected chi connectivity index (χ2v) is 7.56. The van der Waals surface area contributed by atoms with Gasteiger partial charge in [-0.2, -0.15) is 0 Å². The molecule has 2 aromatic rings. The van der Waals surface area contributed by atoms with Gasteiger partial charge < -0.3 is 15.7 Å². The van der Waals surface area contributed by atoms with Crippen LogP contribution in [0.3, 0.4) is 0 Å². The highest BCUT2D eigenvalue weighted by atomic mass is 19.1. The average Bonchev–Trinajstić information content (AvgIpc) is 3.34. The predicted octanol–water partition coefficient (Wildman–Crippen LogP) is 2.25. The van der Waals surface area contributed by atoms with Crippen LogP contribution >= 0.6 is 0 Å². The molecular formula is C19H22FN3O3. The molecule has 2 atom stereocenters. The van der Waals surface area contributed by atoms with E-state index < -0.39 is 17.3 Å². The number of pyridine rings is 2. The molecule has 2 aromatic heterocycles. The molecule has 3 heterocycles. The third kappa shape index (κ3) is 2.49. The van der Waals surface area contributed by atoms with Crippen molar-refractivity contribution in [2.45, 2.75) is 51.1 Å². The fraction of sp³-hybridized carbons (Fsp3) is 0.474. The second kappa shape index (κ2) is 5.81. The fourth-order valence-electron chi connectivity index (χ4n) is 4.24. The van der Waals surface area contributed by atoms with Gasteiger partial charge >= 0.3 is 5.97 Å². The third-order valence-corrected chi connectivity index (χ3v) is 5.58. The molecule has 7 heteroatoms. The van der Waals surface area contributed by atoms with Gasteiger partial charge in [-0.15, -0.1) is 0 Å². The molecule has 26 heavy (non-hydrogen) atoms. The maximum atomic E-state index is 15.0. The quantitative estimate of drug-likeness (QED) is 0.878. The Labute approximate surface area is 150 Å². The molecule has 1 saturated heterocycles. The van der Waals surface area contributed by atoms with Crippen molar-refractivity contribution >= 4 is 17.2 Å². The number of carboxylic acids is 1. The van der Waals surface area contributed by atoms with Crippen molar-refractivity contribution in [2.24, 2.45) is 5.73 Å². The molecule has 1 aliphatic heterocycles. The molecule has 0 spiro atoms. The summed E-state index contributed by atoms with van der Waals surface area (Å²) in [5, 5.41) is 9.35. The van der Waals surface area contributed by atoms with Crippen LogP contribution in [0.15, 0.2) is 17.1 Å². The third-order valence-electron chi connectivity index (χ3n) is 5.58. The van der Waals surface area contributed by atoms with Crippen LogP contribution in [0.25, 0.3) is 5.52 Å². The first kappa shape index (κ1) is 17.0. The minimum Gasteiger partial charge on any atom is -0.477 e. The summed E-state index contributed by atoms with van der Waals surface area (Å²) in [5.74, 6) is -1.59. The molecule has 2 fully saturated rings.